The standard InChI is InChI=1S/C12H14N2O2/c1-14-6-5-13-12(14)9-3-4-11(16-2)10(7-9)8-15/h3-7,15H,8H2,1-2H3. The summed E-state index contributed by atoms with van der Waals surface area (Å²) >= 11 is 0. The maximum absolute atomic E-state index is 9.23. The Hall–Kier alpha value is -1.81. The van der Waals surface area contributed by atoms with Crippen molar-refractivity contribution in [1.29, 1.82) is 0 Å². The highest BCUT2D eigenvalue weighted by atomic mass is 16.5. The minimum Gasteiger partial charge on any atom is -0.496 e. The van der Waals surface area contributed by atoms with Gasteiger partial charge < -0.3 is 14.4 Å². The van der Waals surface area contributed by atoms with Crippen molar-refractivity contribution in [3.63, 3.8) is 0 Å². The first-order valence-electron chi connectivity index (χ1n) is 5.01. The van der Waals surface area contributed by atoms with Crippen LogP contribution in [0, 0.1) is 0 Å². The number of hydrogen-bond acceptors (Lipinski definition) is 3. The van der Waals surface area contributed by atoms with Crippen molar-refractivity contribution in [3.05, 3.63) is 36.2 Å². The number of aromatic nitrogens is 2. The lowest BCUT2D eigenvalue weighted by molar-refractivity contribution is 0.274. The van der Waals surface area contributed by atoms with Gasteiger partial charge in [-0.05, 0) is 18.2 Å². The molecule has 0 unspecified atom stereocenters. The summed E-state index contributed by atoms with van der Waals surface area (Å²) in [6.45, 7) is -0.0402. The van der Waals surface area contributed by atoms with Gasteiger partial charge in [-0.3, -0.25) is 0 Å². The molecule has 0 bridgehead atoms. The molecular weight excluding hydrogens is 204 g/mol. The first-order valence-corrected chi connectivity index (χ1v) is 5.01. The number of aryl methyl sites for hydroxylation is 1. The molecule has 84 valence electrons. The predicted molar refractivity (Wildman–Crippen MR) is 61.1 cm³/mol. The second kappa shape index (κ2) is 4.37. The van der Waals surface area contributed by atoms with Gasteiger partial charge in [-0.2, -0.15) is 0 Å². The van der Waals surface area contributed by atoms with E-state index in [4.69, 9.17) is 4.74 Å². The number of hydrogen-bond donors (Lipinski definition) is 1. The fourth-order valence-corrected chi connectivity index (χ4v) is 1.69. The third-order valence-electron chi connectivity index (χ3n) is 2.53. The Morgan fingerprint density at radius 1 is 1.44 bits per heavy atom. The molecule has 0 saturated heterocycles. The monoisotopic (exact) mass is 218 g/mol. The Morgan fingerprint density at radius 3 is 2.81 bits per heavy atom. The van der Waals surface area contributed by atoms with E-state index in [1.165, 1.54) is 0 Å². The van der Waals surface area contributed by atoms with Gasteiger partial charge in [0.15, 0.2) is 0 Å². The van der Waals surface area contributed by atoms with Gasteiger partial charge in [0.05, 0.1) is 13.7 Å². The Morgan fingerprint density at radius 2 is 2.25 bits per heavy atom. The molecule has 0 aliphatic rings. The number of rotatable bonds is 3. The molecule has 1 N–H and O–H groups in total. The van der Waals surface area contributed by atoms with Gasteiger partial charge >= 0.3 is 0 Å². The molecule has 0 saturated carbocycles. The van der Waals surface area contributed by atoms with Crippen LogP contribution in [0.25, 0.3) is 11.4 Å². The number of methoxy groups -OCH3 is 1. The number of ether oxygens (including phenoxy) is 1. The van der Waals surface area contributed by atoms with Crippen molar-refractivity contribution in [2.45, 2.75) is 6.61 Å². The number of aliphatic hydroxyl groups excluding tert-OH is 1. The fraction of sp³-hybridized carbons (Fsp3) is 0.250. The highest BCUT2D eigenvalue weighted by Crippen LogP contribution is 2.25. The SMILES string of the molecule is COc1ccc(-c2nccn2C)cc1CO. The molecule has 0 atom stereocenters. The minimum atomic E-state index is -0.0402. The van der Waals surface area contributed by atoms with Crippen LogP contribution >= 0.6 is 0 Å². The Bertz CT molecular complexity index is 492. The summed E-state index contributed by atoms with van der Waals surface area (Å²) in [5.74, 6) is 1.57. The van der Waals surface area contributed by atoms with Gasteiger partial charge in [0, 0.05) is 30.6 Å². The molecule has 2 aromatic rings. The molecule has 1 aromatic heterocycles. The van der Waals surface area contributed by atoms with Crippen molar-refractivity contribution in [2.75, 3.05) is 7.11 Å². The summed E-state index contributed by atoms with van der Waals surface area (Å²) in [5, 5.41) is 9.23. The maximum atomic E-state index is 9.23. The third-order valence-corrected chi connectivity index (χ3v) is 2.53. The molecule has 0 aliphatic carbocycles. The first kappa shape index (κ1) is 10.7. The van der Waals surface area contributed by atoms with Crippen LogP contribution in [0.5, 0.6) is 5.75 Å². The van der Waals surface area contributed by atoms with Gasteiger partial charge in [0.1, 0.15) is 11.6 Å². The van der Waals surface area contributed by atoms with Crippen molar-refractivity contribution in [3.8, 4) is 17.1 Å². The molecule has 0 spiro atoms. The molecule has 4 nitrogen and oxygen atoms in total. The molecule has 1 heterocycles. The molecule has 0 amide bonds. The van der Waals surface area contributed by atoms with E-state index in [-0.39, 0.29) is 6.61 Å². The molecule has 1 aromatic carbocycles. The molecule has 0 radical (unpaired) electrons. The van der Waals surface area contributed by atoms with E-state index in [9.17, 15) is 5.11 Å². The van der Waals surface area contributed by atoms with Crippen LogP contribution < -0.4 is 4.74 Å². The number of benzene rings is 1. The van der Waals surface area contributed by atoms with Crippen LogP contribution in [0.4, 0.5) is 0 Å². The second-order valence-electron chi connectivity index (χ2n) is 3.55. The Kier molecular flexibility index (Phi) is 2.92. The molecule has 16 heavy (non-hydrogen) atoms. The average Bonchev–Trinajstić information content (AvgIpc) is 2.74. The Labute approximate surface area is 94.1 Å². The largest absolute Gasteiger partial charge is 0.496 e. The fourth-order valence-electron chi connectivity index (χ4n) is 1.69. The lowest BCUT2D eigenvalue weighted by Crippen LogP contribution is -1.95. The van der Waals surface area contributed by atoms with Gasteiger partial charge in [-0.25, -0.2) is 4.98 Å². The van der Waals surface area contributed by atoms with Crippen LogP contribution in [0.3, 0.4) is 0 Å². The summed E-state index contributed by atoms with van der Waals surface area (Å²) in [4.78, 5) is 4.26. The zero-order valence-electron chi connectivity index (χ0n) is 9.34. The van der Waals surface area contributed by atoms with E-state index in [1.807, 2.05) is 36.0 Å². The molecular formula is C12H14N2O2. The number of aliphatic hydroxyl groups is 1. The number of nitrogens with zero attached hydrogens (tertiary/aromatic N) is 2. The Balaban J connectivity index is 2.48. The van der Waals surface area contributed by atoms with Crippen LogP contribution in [0.15, 0.2) is 30.6 Å². The summed E-state index contributed by atoms with van der Waals surface area (Å²) in [6, 6.07) is 5.66. The smallest absolute Gasteiger partial charge is 0.139 e. The summed E-state index contributed by atoms with van der Waals surface area (Å²) in [5.41, 5.74) is 1.74. The zero-order valence-corrected chi connectivity index (χ0v) is 9.34. The maximum Gasteiger partial charge on any atom is 0.139 e. The van der Waals surface area contributed by atoms with Crippen molar-refractivity contribution in [1.82, 2.24) is 9.55 Å². The first-order chi connectivity index (χ1) is 7.76. The molecule has 2 rings (SSSR count). The van der Waals surface area contributed by atoms with Crippen LogP contribution in [0.1, 0.15) is 5.56 Å². The van der Waals surface area contributed by atoms with Crippen molar-refractivity contribution < 1.29 is 9.84 Å². The molecule has 0 fully saturated rings. The van der Waals surface area contributed by atoms with Gasteiger partial charge in [0.2, 0.25) is 0 Å². The van der Waals surface area contributed by atoms with E-state index >= 15 is 0 Å². The van der Waals surface area contributed by atoms with E-state index in [2.05, 4.69) is 4.98 Å². The second-order valence-corrected chi connectivity index (χ2v) is 3.55. The highest BCUT2D eigenvalue weighted by molar-refractivity contribution is 5.59. The van der Waals surface area contributed by atoms with Gasteiger partial charge in [0.25, 0.3) is 0 Å². The topological polar surface area (TPSA) is 47.3 Å². The summed E-state index contributed by atoms with van der Waals surface area (Å²) < 4.78 is 7.09. The third kappa shape index (κ3) is 1.79. The molecule has 4 heteroatoms. The predicted octanol–water partition coefficient (Wildman–Crippen LogP) is 1.59. The minimum absolute atomic E-state index is 0.0402. The van der Waals surface area contributed by atoms with Gasteiger partial charge in [-0.1, -0.05) is 0 Å². The highest BCUT2D eigenvalue weighted by Gasteiger charge is 2.07. The quantitative estimate of drug-likeness (QED) is 0.851. The summed E-state index contributed by atoms with van der Waals surface area (Å²) in [7, 11) is 3.53. The van der Waals surface area contributed by atoms with Crippen LogP contribution in [0.2, 0.25) is 0 Å². The van der Waals surface area contributed by atoms with E-state index in [1.54, 1.807) is 13.3 Å². The van der Waals surface area contributed by atoms with E-state index in [0.717, 1.165) is 17.0 Å². The van der Waals surface area contributed by atoms with Crippen LogP contribution in [-0.4, -0.2) is 21.8 Å². The van der Waals surface area contributed by atoms with E-state index in [0.29, 0.717) is 5.75 Å². The average molecular weight is 218 g/mol. The van der Waals surface area contributed by atoms with Crippen molar-refractivity contribution >= 4 is 0 Å². The van der Waals surface area contributed by atoms with Crippen LogP contribution in [-0.2, 0) is 13.7 Å². The summed E-state index contributed by atoms with van der Waals surface area (Å²) in [6.07, 6.45) is 3.64. The lowest BCUT2D eigenvalue weighted by atomic mass is 10.1. The van der Waals surface area contributed by atoms with Gasteiger partial charge in [-0.15, -0.1) is 0 Å². The number of imidazole rings is 1. The zero-order chi connectivity index (χ0) is 11.5. The lowest BCUT2D eigenvalue weighted by Gasteiger charge is -2.08. The van der Waals surface area contributed by atoms with E-state index < -0.39 is 0 Å². The van der Waals surface area contributed by atoms with Crippen molar-refractivity contribution in [2.24, 2.45) is 7.05 Å². The normalized spacial score (nSPS) is 10.4. The molecule has 0 aliphatic heterocycles.